The highest BCUT2D eigenvalue weighted by Crippen LogP contribution is 2.31. The Morgan fingerprint density at radius 1 is 1.43 bits per heavy atom. The first-order valence-corrected chi connectivity index (χ1v) is 6.94. The number of oxazole rings is 1. The zero-order valence-corrected chi connectivity index (χ0v) is 12.5. The minimum absolute atomic E-state index is 0.108. The van der Waals surface area contributed by atoms with Gasteiger partial charge >= 0.3 is 6.09 Å². The smallest absolute Gasteiger partial charge is 0.412 e. The van der Waals surface area contributed by atoms with E-state index in [0.29, 0.717) is 33.4 Å². The van der Waals surface area contributed by atoms with Gasteiger partial charge in [-0.1, -0.05) is 17.5 Å². The van der Waals surface area contributed by atoms with Gasteiger partial charge in [-0.3, -0.25) is 5.32 Å². The number of ether oxygens (including phenoxy) is 1. The molecular weight excluding hydrogens is 318 g/mol. The van der Waals surface area contributed by atoms with Crippen LogP contribution in [0, 0.1) is 12.3 Å². The number of terminal acetylenes is 1. The van der Waals surface area contributed by atoms with E-state index in [9.17, 15) is 4.79 Å². The lowest BCUT2D eigenvalue weighted by Crippen LogP contribution is -2.13. The van der Waals surface area contributed by atoms with E-state index in [4.69, 9.17) is 27.2 Å². The first kappa shape index (κ1) is 14.9. The van der Waals surface area contributed by atoms with Crippen LogP contribution in [0.5, 0.6) is 0 Å². The minimum Gasteiger partial charge on any atom is -0.436 e. The molecule has 0 aliphatic carbocycles. The van der Waals surface area contributed by atoms with Gasteiger partial charge in [0.2, 0.25) is 5.89 Å². The highest BCUT2D eigenvalue weighted by Gasteiger charge is 2.14. The molecule has 1 N–H and O–H groups in total. The van der Waals surface area contributed by atoms with Crippen molar-refractivity contribution in [2.45, 2.75) is 0 Å². The van der Waals surface area contributed by atoms with Crippen molar-refractivity contribution < 1.29 is 13.9 Å². The number of carbonyl (C=O) groups excluding carboxylic acids is 1. The Bertz CT molecular complexity index is 881. The molecule has 3 rings (SSSR count). The number of carbonyl (C=O) groups is 1. The molecule has 3 aromatic rings. The van der Waals surface area contributed by atoms with Gasteiger partial charge in [0.05, 0.1) is 10.6 Å². The van der Waals surface area contributed by atoms with Crippen LogP contribution in [0.1, 0.15) is 0 Å². The van der Waals surface area contributed by atoms with Crippen LogP contribution in [-0.2, 0) is 4.74 Å². The molecule has 0 unspecified atom stereocenters. The molecule has 0 fully saturated rings. The van der Waals surface area contributed by atoms with Crippen LogP contribution in [0.3, 0.4) is 0 Å². The standard InChI is InChI=1S/C16H10ClN3O3/c1-2-8-22-16(21)19-10-5-6-12(17)11(9-10)15-20-14-13(23-15)4-3-7-18-14/h1,3-7,9H,8H2,(H,19,21). The molecule has 2 aromatic heterocycles. The highest BCUT2D eigenvalue weighted by molar-refractivity contribution is 6.33. The van der Waals surface area contributed by atoms with Crippen molar-refractivity contribution in [1.82, 2.24) is 9.97 Å². The van der Waals surface area contributed by atoms with E-state index in [1.807, 2.05) is 0 Å². The molecule has 0 saturated heterocycles. The van der Waals surface area contributed by atoms with Gasteiger partial charge in [0.25, 0.3) is 0 Å². The molecule has 23 heavy (non-hydrogen) atoms. The zero-order valence-electron chi connectivity index (χ0n) is 11.7. The Labute approximate surface area is 136 Å². The molecular formula is C16H10ClN3O3. The summed E-state index contributed by atoms with van der Waals surface area (Å²) in [6, 6.07) is 8.38. The minimum atomic E-state index is -0.657. The predicted octanol–water partition coefficient (Wildman–Crippen LogP) is 3.72. The first-order chi connectivity index (χ1) is 11.2. The summed E-state index contributed by atoms with van der Waals surface area (Å²) < 4.78 is 10.4. The third-order valence-corrected chi connectivity index (χ3v) is 3.22. The fourth-order valence-electron chi connectivity index (χ4n) is 1.91. The number of nitrogens with zero attached hydrogens (tertiary/aromatic N) is 2. The number of benzene rings is 1. The first-order valence-electron chi connectivity index (χ1n) is 6.56. The van der Waals surface area contributed by atoms with Crippen LogP contribution >= 0.6 is 11.6 Å². The van der Waals surface area contributed by atoms with E-state index in [2.05, 4.69) is 21.2 Å². The maximum Gasteiger partial charge on any atom is 0.412 e. The lowest BCUT2D eigenvalue weighted by molar-refractivity contribution is 0.176. The number of amides is 1. The third kappa shape index (κ3) is 3.25. The van der Waals surface area contributed by atoms with E-state index < -0.39 is 6.09 Å². The van der Waals surface area contributed by atoms with Crippen LogP contribution in [0.2, 0.25) is 5.02 Å². The number of aromatic nitrogens is 2. The van der Waals surface area contributed by atoms with E-state index in [1.54, 1.807) is 36.5 Å². The molecule has 7 heteroatoms. The monoisotopic (exact) mass is 327 g/mol. The van der Waals surface area contributed by atoms with E-state index in [1.165, 1.54) is 0 Å². The highest BCUT2D eigenvalue weighted by atomic mass is 35.5. The largest absolute Gasteiger partial charge is 0.436 e. The van der Waals surface area contributed by atoms with Crippen molar-refractivity contribution in [3.8, 4) is 23.8 Å². The number of fused-ring (bicyclic) bond motifs is 1. The molecule has 0 bridgehead atoms. The fourth-order valence-corrected chi connectivity index (χ4v) is 2.11. The van der Waals surface area contributed by atoms with Crippen molar-refractivity contribution in [1.29, 1.82) is 0 Å². The Hall–Kier alpha value is -3.04. The normalized spacial score (nSPS) is 10.3. The molecule has 0 atom stereocenters. The molecule has 0 saturated carbocycles. The second-order valence-electron chi connectivity index (χ2n) is 4.44. The summed E-state index contributed by atoms with van der Waals surface area (Å²) in [4.78, 5) is 19.9. The van der Waals surface area contributed by atoms with Crippen LogP contribution < -0.4 is 5.32 Å². The topological polar surface area (TPSA) is 77.2 Å². The number of pyridine rings is 1. The number of nitrogens with one attached hydrogen (secondary N) is 1. The van der Waals surface area contributed by atoms with Gasteiger partial charge in [0.15, 0.2) is 17.8 Å². The average molecular weight is 328 g/mol. The van der Waals surface area contributed by atoms with E-state index >= 15 is 0 Å². The summed E-state index contributed by atoms with van der Waals surface area (Å²) in [6.07, 6.45) is 5.99. The predicted molar refractivity (Wildman–Crippen MR) is 86.1 cm³/mol. The molecule has 0 aliphatic heterocycles. The zero-order chi connectivity index (χ0) is 16.2. The lowest BCUT2D eigenvalue weighted by Gasteiger charge is -2.07. The number of hydrogen-bond donors (Lipinski definition) is 1. The van der Waals surface area contributed by atoms with Gasteiger partial charge in [0.1, 0.15) is 0 Å². The summed E-state index contributed by atoms with van der Waals surface area (Å²) in [5, 5.41) is 2.98. The summed E-state index contributed by atoms with van der Waals surface area (Å²) in [6.45, 7) is -0.108. The van der Waals surface area contributed by atoms with Crippen LogP contribution in [0.15, 0.2) is 40.9 Å². The molecule has 1 amide bonds. The van der Waals surface area contributed by atoms with Crippen molar-refractivity contribution >= 4 is 34.6 Å². The van der Waals surface area contributed by atoms with Gasteiger partial charge in [0, 0.05) is 11.9 Å². The molecule has 0 aliphatic rings. The van der Waals surface area contributed by atoms with Gasteiger partial charge < -0.3 is 9.15 Å². The van der Waals surface area contributed by atoms with E-state index in [-0.39, 0.29) is 6.61 Å². The quantitative estimate of drug-likeness (QED) is 0.742. The SMILES string of the molecule is C#CCOC(=O)Nc1ccc(Cl)c(-c2nc3ncccc3o2)c1. The van der Waals surface area contributed by atoms with Crippen molar-refractivity contribution in [3.63, 3.8) is 0 Å². The lowest BCUT2D eigenvalue weighted by atomic mass is 10.2. The average Bonchev–Trinajstić information content (AvgIpc) is 2.98. The summed E-state index contributed by atoms with van der Waals surface area (Å²) in [7, 11) is 0. The maximum atomic E-state index is 11.5. The third-order valence-electron chi connectivity index (χ3n) is 2.89. The second kappa shape index (κ2) is 6.38. The van der Waals surface area contributed by atoms with Gasteiger partial charge in [-0.25, -0.2) is 9.78 Å². The Morgan fingerprint density at radius 2 is 2.30 bits per heavy atom. The van der Waals surface area contributed by atoms with Crippen LogP contribution in [0.25, 0.3) is 22.7 Å². The Morgan fingerprint density at radius 3 is 3.09 bits per heavy atom. The van der Waals surface area contributed by atoms with Crippen molar-refractivity contribution in [3.05, 3.63) is 41.6 Å². The summed E-state index contributed by atoms with van der Waals surface area (Å²) in [5.74, 6) is 2.52. The van der Waals surface area contributed by atoms with Gasteiger partial charge in [-0.2, -0.15) is 4.98 Å². The molecule has 6 nitrogen and oxygen atoms in total. The van der Waals surface area contributed by atoms with Crippen molar-refractivity contribution in [2.75, 3.05) is 11.9 Å². The Kier molecular flexibility index (Phi) is 4.13. The van der Waals surface area contributed by atoms with Gasteiger partial charge in [-0.05, 0) is 30.3 Å². The van der Waals surface area contributed by atoms with Crippen molar-refractivity contribution in [2.24, 2.45) is 0 Å². The molecule has 0 spiro atoms. The number of rotatable bonds is 3. The second-order valence-corrected chi connectivity index (χ2v) is 4.85. The van der Waals surface area contributed by atoms with Crippen LogP contribution in [0.4, 0.5) is 10.5 Å². The molecule has 0 radical (unpaired) electrons. The molecule has 2 heterocycles. The summed E-state index contributed by atoms with van der Waals surface area (Å²) in [5.41, 5.74) is 2.02. The Balaban J connectivity index is 1.91. The van der Waals surface area contributed by atoms with Gasteiger partial charge in [-0.15, -0.1) is 6.42 Å². The number of halogens is 1. The summed E-state index contributed by atoms with van der Waals surface area (Å²) >= 11 is 6.19. The molecule has 114 valence electrons. The number of hydrogen-bond acceptors (Lipinski definition) is 5. The maximum absolute atomic E-state index is 11.5. The molecule has 1 aromatic carbocycles. The fraction of sp³-hybridized carbons (Fsp3) is 0.0625. The van der Waals surface area contributed by atoms with Crippen LogP contribution in [-0.4, -0.2) is 22.7 Å². The number of anilines is 1. The van der Waals surface area contributed by atoms with E-state index in [0.717, 1.165) is 0 Å².